The van der Waals surface area contributed by atoms with Crippen molar-refractivity contribution in [2.24, 2.45) is 0 Å². The molecule has 1 atom stereocenters. The summed E-state index contributed by atoms with van der Waals surface area (Å²) in [6.45, 7) is 4.32. The predicted octanol–water partition coefficient (Wildman–Crippen LogP) is 2.46. The summed E-state index contributed by atoms with van der Waals surface area (Å²) in [4.78, 5) is 6.65. The molecule has 17 heavy (non-hydrogen) atoms. The fourth-order valence-electron chi connectivity index (χ4n) is 1.77. The van der Waals surface area contributed by atoms with Crippen LogP contribution in [-0.2, 0) is 6.61 Å². The summed E-state index contributed by atoms with van der Waals surface area (Å²) in [7, 11) is 2.08. The zero-order valence-electron chi connectivity index (χ0n) is 11.1. The van der Waals surface area contributed by atoms with Gasteiger partial charge in [0.05, 0.1) is 6.61 Å². The van der Waals surface area contributed by atoms with Crippen LogP contribution in [-0.4, -0.2) is 35.2 Å². The molecular weight excluding hydrogens is 232 g/mol. The normalized spacial score (nSPS) is 12.5. The van der Waals surface area contributed by atoms with E-state index in [9.17, 15) is 0 Å². The molecular formula is C13H22N2OS. The molecule has 0 amide bonds. The number of aliphatic hydroxyl groups excluding tert-OH is 1. The van der Waals surface area contributed by atoms with Gasteiger partial charge >= 0.3 is 0 Å². The van der Waals surface area contributed by atoms with Crippen molar-refractivity contribution in [1.82, 2.24) is 4.98 Å². The number of hydrogen-bond acceptors (Lipinski definition) is 4. The lowest BCUT2D eigenvalue weighted by molar-refractivity contribution is 0.281. The molecule has 0 aromatic carbocycles. The molecule has 0 spiro atoms. The minimum atomic E-state index is 0.0554. The number of pyridine rings is 1. The molecule has 0 aliphatic heterocycles. The highest BCUT2D eigenvalue weighted by Gasteiger charge is 2.13. The average molecular weight is 254 g/mol. The molecule has 0 bridgehead atoms. The van der Waals surface area contributed by atoms with Crippen LogP contribution in [0.15, 0.2) is 12.3 Å². The zero-order valence-corrected chi connectivity index (χ0v) is 11.9. The molecule has 1 N–H and O–H groups in total. The number of aromatic nitrogens is 1. The minimum absolute atomic E-state index is 0.0554. The fourth-order valence-corrected chi connectivity index (χ4v) is 2.35. The zero-order chi connectivity index (χ0) is 12.8. The maximum Gasteiger partial charge on any atom is 0.131 e. The van der Waals surface area contributed by atoms with Gasteiger partial charge in [0.25, 0.3) is 0 Å². The molecule has 1 aromatic rings. The van der Waals surface area contributed by atoms with Crippen LogP contribution in [0.4, 0.5) is 5.82 Å². The molecule has 0 aliphatic rings. The van der Waals surface area contributed by atoms with Crippen LogP contribution in [0.3, 0.4) is 0 Å². The number of nitrogens with zero attached hydrogens (tertiary/aromatic N) is 2. The second kappa shape index (κ2) is 6.87. The molecule has 0 radical (unpaired) electrons. The summed E-state index contributed by atoms with van der Waals surface area (Å²) >= 11 is 1.87. The monoisotopic (exact) mass is 254 g/mol. The molecule has 96 valence electrons. The van der Waals surface area contributed by atoms with E-state index < -0.39 is 0 Å². The van der Waals surface area contributed by atoms with Crippen molar-refractivity contribution in [3.63, 3.8) is 0 Å². The first kappa shape index (κ1) is 14.3. The van der Waals surface area contributed by atoms with Gasteiger partial charge in [-0.2, -0.15) is 11.8 Å². The molecule has 0 saturated carbocycles. The molecule has 1 rings (SSSR count). The summed E-state index contributed by atoms with van der Waals surface area (Å²) < 4.78 is 0. The topological polar surface area (TPSA) is 36.4 Å². The van der Waals surface area contributed by atoms with Gasteiger partial charge in [-0.15, -0.1) is 0 Å². The third-order valence-electron chi connectivity index (χ3n) is 3.02. The average Bonchev–Trinajstić information content (AvgIpc) is 2.34. The van der Waals surface area contributed by atoms with Gasteiger partial charge in [-0.25, -0.2) is 4.98 Å². The number of aryl methyl sites for hydroxylation is 1. The molecule has 3 nitrogen and oxygen atoms in total. The van der Waals surface area contributed by atoms with Crippen molar-refractivity contribution < 1.29 is 5.11 Å². The number of anilines is 1. The Balaban J connectivity index is 2.77. The van der Waals surface area contributed by atoms with Gasteiger partial charge < -0.3 is 10.0 Å². The minimum Gasteiger partial charge on any atom is -0.392 e. The van der Waals surface area contributed by atoms with Crippen LogP contribution in [0.2, 0.25) is 0 Å². The Bertz CT molecular complexity index is 357. The highest BCUT2D eigenvalue weighted by molar-refractivity contribution is 7.98. The van der Waals surface area contributed by atoms with Gasteiger partial charge in [-0.1, -0.05) is 0 Å². The van der Waals surface area contributed by atoms with Crippen LogP contribution >= 0.6 is 11.8 Å². The van der Waals surface area contributed by atoms with Crippen LogP contribution in [0.5, 0.6) is 0 Å². The van der Waals surface area contributed by atoms with Crippen molar-refractivity contribution in [3.8, 4) is 0 Å². The Morgan fingerprint density at radius 2 is 2.24 bits per heavy atom. The Hall–Kier alpha value is -0.740. The van der Waals surface area contributed by atoms with Gasteiger partial charge in [-0.05, 0) is 49.5 Å². The second-order valence-electron chi connectivity index (χ2n) is 4.38. The predicted molar refractivity (Wildman–Crippen MR) is 75.8 cm³/mol. The van der Waals surface area contributed by atoms with Gasteiger partial charge in [0.15, 0.2) is 0 Å². The molecule has 0 fully saturated rings. The van der Waals surface area contributed by atoms with E-state index in [4.69, 9.17) is 5.11 Å². The van der Waals surface area contributed by atoms with E-state index in [1.807, 2.05) is 24.8 Å². The summed E-state index contributed by atoms with van der Waals surface area (Å²) in [6, 6.07) is 2.48. The van der Waals surface area contributed by atoms with E-state index in [0.29, 0.717) is 6.04 Å². The number of rotatable bonds is 6. The van der Waals surface area contributed by atoms with Gasteiger partial charge in [0, 0.05) is 19.3 Å². The van der Waals surface area contributed by atoms with Crippen molar-refractivity contribution >= 4 is 17.6 Å². The second-order valence-corrected chi connectivity index (χ2v) is 5.37. The summed E-state index contributed by atoms with van der Waals surface area (Å²) in [5.41, 5.74) is 1.99. The Morgan fingerprint density at radius 3 is 2.76 bits per heavy atom. The quantitative estimate of drug-likeness (QED) is 0.846. The standard InChI is InChI=1S/C13H22N2OS/c1-10-7-12(9-16)8-14-13(10)15(3)11(2)5-6-17-4/h7-8,11,16H,5-6,9H2,1-4H3. The first-order chi connectivity index (χ1) is 8.10. The molecule has 1 aromatic heterocycles. The third kappa shape index (κ3) is 3.89. The molecule has 4 heteroatoms. The Kier molecular flexibility index (Phi) is 5.78. The molecule has 0 aliphatic carbocycles. The van der Waals surface area contributed by atoms with Gasteiger partial charge in [0.2, 0.25) is 0 Å². The first-order valence-electron chi connectivity index (χ1n) is 5.88. The van der Waals surface area contributed by atoms with E-state index in [2.05, 4.69) is 30.1 Å². The van der Waals surface area contributed by atoms with Crippen LogP contribution in [0.25, 0.3) is 0 Å². The lowest BCUT2D eigenvalue weighted by Crippen LogP contribution is -2.30. The van der Waals surface area contributed by atoms with Crippen molar-refractivity contribution in [2.45, 2.75) is 32.9 Å². The first-order valence-corrected chi connectivity index (χ1v) is 7.27. The molecule has 1 unspecified atom stereocenters. The lowest BCUT2D eigenvalue weighted by atomic mass is 10.1. The summed E-state index contributed by atoms with van der Waals surface area (Å²) in [5, 5.41) is 9.06. The third-order valence-corrected chi connectivity index (χ3v) is 3.67. The van der Waals surface area contributed by atoms with Crippen LogP contribution < -0.4 is 4.90 Å². The molecule has 0 saturated heterocycles. The Morgan fingerprint density at radius 1 is 1.53 bits per heavy atom. The van der Waals surface area contributed by atoms with Crippen LogP contribution in [0, 0.1) is 6.92 Å². The number of hydrogen-bond donors (Lipinski definition) is 1. The number of thioether (sulfide) groups is 1. The summed E-state index contributed by atoms with van der Waals surface area (Å²) in [5.74, 6) is 2.18. The van der Waals surface area contributed by atoms with E-state index in [0.717, 1.165) is 23.4 Å². The lowest BCUT2D eigenvalue weighted by Gasteiger charge is -2.27. The van der Waals surface area contributed by atoms with Gasteiger partial charge in [0.1, 0.15) is 5.82 Å². The summed E-state index contributed by atoms with van der Waals surface area (Å²) in [6.07, 6.45) is 5.03. The van der Waals surface area contributed by atoms with Crippen molar-refractivity contribution in [2.75, 3.05) is 24.0 Å². The van der Waals surface area contributed by atoms with Crippen LogP contribution in [0.1, 0.15) is 24.5 Å². The maximum atomic E-state index is 9.06. The van der Waals surface area contributed by atoms with Crippen molar-refractivity contribution in [3.05, 3.63) is 23.4 Å². The number of aliphatic hydroxyl groups is 1. The highest BCUT2D eigenvalue weighted by atomic mass is 32.2. The van der Waals surface area contributed by atoms with Gasteiger partial charge in [-0.3, -0.25) is 0 Å². The Labute approximate surface area is 108 Å². The maximum absolute atomic E-state index is 9.06. The van der Waals surface area contributed by atoms with E-state index in [-0.39, 0.29) is 6.61 Å². The highest BCUT2D eigenvalue weighted by Crippen LogP contribution is 2.20. The van der Waals surface area contributed by atoms with E-state index in [1.165, 1.54) is 5.75 Å². The van der Waals surface area contributed by atoms with Crippen molar-refractivity contribution in [1.29, 1.82) is 0 Å². The largest absolute Gasteiger partial charge is 0.392 e. The van der Waals surface area contributed by atoms with E-state index >= 15 is 0 Å². The molecule has 1 heterocycles. The fraction of sp³-hybridized carbons (Fsp3) is 0.615. The van der Waals surface area contributed by atoms with E-state index in [1.54, 1.807) is 6.20 Å². The SMILES string of the molecule is CSCCC(C)N(C)c1ncc(CO)cc1C. The smallest absolute Gasteiger partial charge is 0.131 e.